The van der Waals surface area contributed by atoms with Gasteiger partial charge in [0, 0.05) is 45.2 Å². The first-order valence-corrected chi connectivity index (χ1v) is 9.11. The van der Waals surface area contributed by atoms with Crippen molar-refractivity contribution in [2.75, 3.05) is 32.8 Å². The van der Waals surface area contributed by atoms with Crippen molar-refractivity contribution in [3.63, 3.8) is 0 Å². The minimum atomic E-state index is 0.288. The minimum absolute atomic E-state index is 0.288. The van der Waals surface area contributed by atoms with Gasteiger partial charge < -0.3 is 19.9 Å². The van der Waals surface area contributed by atoms with Crippen LogP contribution in [0.3, 0.4) is 0 Å². The van der Waals surface area contributed by atoms with Crippen LogP contribution >= 0.6 is 0 Å². The quantitative estimate of drug-likeness (QED) is 0.365. The van der Waals surface area contributed by atoms with Gasteiger partial charge in [-0.1, -0.05) is 19.0 Å². The highest BCUT2D eigenvalue weighted by atomic mass is 16.5. The predicted octanol–water partition coefficient (Wildman–Crippen LogP) is 2.11. The van der Waals surface area contributed by atoms with E-state index >= 15 is 0 Å². The average molecular weight is 337 g/mol. The van der Waals surface area contributed by atoms with E-state index in [9.17, 15) is 0 Å². The van der Waals surface area contributed by atoms with E-state index in [1.165, 1.54) is 12.8 Å². The Bertz CT molecular complexity index is 497. The average Bonchev–Trinajstić information content (AvgIpc) is 3.26. The van der Waals surface area contributed by atoms with Crippen molar-refractivity contribution >= 4 is 5.96 Å². The number of aromatic nitrogens is 2. The predicted molar refractivity (Wildman–Crippen MR) is 94.2 cm³/mol. The molecular weight excluding hydrogens is 306 g/mol. The van der Waals surface area contributed by atoms with Crippen molar-refractivity contribution in [1.29, 1.82) is 0 Å². The first-order valence-electron chi connectivity index (χ1n) is 9.11. The molecule has 0 aliphatic heterocycles. The van der Waals surface area contributed by atoms with Gasteiger partial charge in [-0.05, 0) is 32.1 Å². The molecule has 0 atom stereocenters. The van der Waals surface area contributed by atoms with Crippen molar-refractivity contribution in [3.8, 4) is 0 Å². The molecule has 0 aromatic carbocycles. The Morgan fingerprint density at radius 1 is 1.38 bits per heavy atom. The zero-order valence-corrected chi connectivity index (χ0v) is 15.2. The molecule has 0 bridgehead atoms. The molecule has 2 rings (SSSR count). The van der Waals surface area contributed by atoms with Crippen molar-refractivity contribution in [2.24, 2.45) is 10.9 Å². The van der Waals surface area contributed by atoms with Crippen LogP contribution in [0.4, 0.5) is 0 Å². The molecule has 0 radical (unpaired) electrons. The lowest BCUT2D eigenvalue weighted by Crippen LogP contribution is -2.38. The maximum atomic E-state index is 5.62. The largest absolute Gasteiger partial charge is 0.381 e. The second-order valence-corrected chi connectivity index (χ2v) is 6.51. The molecule has 0 unspecified atom stereocenters. The lowest BCUT2D eigenvalue weighted by Gasteiger charge is -2.10. The van der Waals surface area contributed by atoms with E-state index < -0.39 is 0 Å². The number of rotatable bonds is 11. The third-order valence-electron chi connectivity index (χ3n) is 3.74. The molecule has 7 nitrogen and oxygen atoms in total. The Hall–Kier alpha value is -1.63. The number of ether oxygens (including phenoxy) is 1. The summed E-state index contributed by atoms with van der Waals surface area (Å²) >= 11 is 0. The number of hydrogen-bond acceptors (Lipinski definition) is 5. The lowest BCUT2D eigenvalue weighted by molar-refractivity contribution is 0.123. The second-order valence-electron chi connectivity index (χ2n) is 6.51. The third-order valence-corrected chi connectivity index (χ3v) is 3.74. The number of nitrogens with zero attached hydrogens (tertiary/aromatic N) is 3. The van der Waals surface area contributed by atoms with Crippen LogP contribution in [0.1, 0.15) is 57.7 Å². The van der Waals surface area contributed by atoms with Crippen molar-refractivity contribution in [3.05, 3.63) is 11.7 Å². The summed E-state index contributed by atoms with van der Waals surface area (Å²) in [4.78, 5) is 8.93. The highest BCUT2D eigenvalue weighted by Gasteiger charge is 2.20. The fraction of sp³-hybridized carbons (Fsp3) is 0.824. The number of guanidine groups is 1. The molecule has 7 heteroatoms. The summed E-state index contributed by atoms with van der Waals surface area (Å²) in [6.07, 6.45) is 4.32. The van der Waals surface area contributed by atoms with Crippen LogP contribution < -0.4 is 10.6 Å². The van der Waals surface area contributed by atoms with Crippen molar-refractivity contribution in [2.45, 2.75) is 52.4 Å². The molecule has 2 N–H and O–H groups in total. The third kappa shape index (κ3) is 7.29. The normalized spacial score (nSPS) is 15.1. The lowest BCUT2D eigenvalue weighted by atomic mass is 10.2. The topological polar surface area (TPSA) is 84.6 Å². The number of nitrogens with one attached hydrogen (secondary N) is 2. The van der Waals surface area contributed by atoms with Crippen LogP contribution in [0.25, 0.3) is 0 Å². The van der Waals surface area contributed by atoms with Crippen LogP contribution in [0, 0.1) is 5.92 Å². The van der Waals surface area contributed by atoms with Crippen molar-refractivity contribution < 1.29 is 9.26 Å². The van der Waals surface area contributed by atoms with E-state index in [0.29, 0.717) is 18.9 Å². The molecule has 24 heavy (non-hydrogen) atoms. The minimum Gasteiger partial charge on any atom is -0.381 e. The van der Waals surface area contributed by atoms with Gasteiger partial charge in [-0.25, -0.2) is 0 Å². The van der Waals surface area contributed by atoms with E-state index in [1.807, 2.05) is 0 Å². The number of hydrogen-bond donors (Lipinski definition) is 2. The van der Waals surface area contributed by atoms with Crippen LogP contribution in [0.5, 0.6) is 0 Å². The fourth-order valence-electron chi connectivity index (χ4n) is 2.13. The van der Waals surface area contributed by atoms with E-state index in [4.69, 9.17) is 9.26 Å². The smallest absolute Gasteiger partial charge is 0.228 e. The SMILES string of the molecule is CCNC(=NCCCOCC1CC1)NCCc1nc(C(C)C)no1. The fourth-order valence-corrected chi connectivity index (χ4v) is 2.13. The Labute approximate surface area is 144 Å². The molecule has 1 aliphatic rings. The summed E-state index contributed by atoms with van der Waals surface area (Å²) in [7, 11) is 0. The second kappa shape index (κ2) is 10.3. The summed E-state index contributed by atoms with van der Waals surface area (Å²) in [6.45, 7) is 10.2. The zero-order valence-electron chi connectivity index (χ0n) is 15.2. The number of aliphatic imine (C=N–C) groups is 1. The zero-order chi connectivity index (χ0) is 17.2. The summed E-state index contributed by atoms with van der Waals surface area (Å²) in [5.41, 5.74) is 0. The Morgan fingerprint density at radius 3 is 2.88 bits per heavy atom. The Morgan fingerprint density at radius 2 is 2.21 bits per heavy atom. The molecule has 0 spiro atoms. The van der Waals surface area contributed by atoms with Crippen molar-refractivity contribution in [1.82, 2.24) is 20.8 Å². The van der Waals surface area contributed by atoms with Gasteiger partial charge in [0.05, 0.1) is 0 Å². The molecule has 136 valence electrons. The van der Waals surface area contributed by atoms with Gasteiger partial charge in [-0.15, -0.1) is 0 Å². The molecule has 1 fully saturated rings. The standard InChI is InChI=1S/C17H31N5O2/c1-4-18-17(19-9-5-11-23-12-14-6-7-14)20-10-8-15-21-16(13(2)3)22-24-15/h13-14H,4-12H2,1-3H3,(H2,18,19,20). The summed E-state index contributed by atoms with van der Waals surface area (Å²) < 4.78 is 10.9. The maximum absolute atomic E-state index is 5.62. The van der Waals surface area contributed by atoms with Gasteiger partial charge in [0.25, 0.3) is 0 Å². The Balaban J connectivity index is 1.62. The first kappa shape index (κ1) is 18.7. The highest BCUT2D eigenvalue weighted by molar-refractivity contribution is 5.79. The monoisotopic (exact) mass is 337 g/mol. The summed E-state index contributed by atoms with van der Waals surface area (Å²) in [5, 5.41) is 10.5. The van der Waals surface area contributed by atoms with Crippen LogP contribution in [0.2, 0.25) is 0 Å². The van der Waals surface area contributed by atoms with Gasteiger partial charge in [0.2, 0.25) is 5.89 Å². The Kier molecular flexibility index (Phi) is 8.01. The first-order chi connectivity index (χ1) is 11.7. The molecule has 0 saturated heterocycles. The van der Waals surface area contributed by atoms with Gasteiger partial charge in [-0.3, -0.25) is 4.99 Å². The summed E-state index contributed by atoms with van der Waals surface area (Å²) in [6, 6.07) is 0. The summed E-state index contributed by atoms with van der Waals surface area (Å²) in [5.74, 6) is 3.36. The van der Waals surface area contributed by atoms with Crippen LogP contribution in [-0.2, 0) is 11.2 Å². The molecule has 1 aromatic rings. The van der Waals surface area contributed by atoms with E-state index in [1.54, 1.807) is 0 Å². The van der Waals surface area contributed by atoms with Gasteiger partial charge in [0.1, 0.15) is 0 Å². The van der Waals surface area contributed by atoms with E-state index in [-0.39, 0.29) is 5.92 Å². The highest BCUT2D eigenvalue weighted by Crippen LogP contribution is 2.28. The van der Waals surface area contributed by atoms with E-state index in [0.717, 1.165) is 50.4 Å². The van der Waals surface area contributed by atoms with E-state index in [2.05, 4.69) is 46.5 Å². The van der Waals surface area contributed by atoms with Gasteiger partial charge in [0.15, 0.2) is 11.8 Å². The molecule has 1 aliphatic carbocycles. The van der Waals surface area contributed by atoms with Crippen LogP contribution in [0.15, 0.2) is 9.52 Å². The molecule has 1 heterocycles. The molecule has 1 saturated carbocycles. The molecule has 1 aromatic heterocycles. The van der Waals surface area contributed by atoms with Crippen LogP contribution in [-0.4, -0.2) is 48.9 Å². The molecule has 0 amide bonds. The van der Waals surface area contributed by atoms with Gasteiger partial charge >= 0.3 is 0 Å². The van der Waals surface area contributed by atoms with Gasteiger partial charge in [-0.2, -0.15) is 4.98 Å². The maximum Gasteiger partial charge on any atom is 0.228 e. The molecular formula is C17H31N5O2.